The zero-order valence-electron chi connectivity index (χ0n) is 44.2. The molecule has 29 heteroatoms. The molecule has 0 bridgehead atoms. The molecule has 29 nitrogen and oxygen atoms in total. The highest BCUT2D eigenvalue weighted by molar-refractivity contribution is 5.96. The van der Waals surface area contributed by atoms with E-state index in [0.29, 0.717) is 32.9 Å². The van der Waals surface area contributed by atoms with E-state index in [0.717, 1.165) is 26.5 Å². The Balaban J connectivity index is 1.56. The van der Waals surface area contributed by atoms with Gasteiger partial charge in [-0.15, -0.1) is 0 Å². The lowest BCUT2D eigenvalue weighted by molar-refractivity contribution is -0.163. The van der Waals surface area contributed by atoms with Crippen molar-refractivity contribution in [2.24, 2.45) is 17.6 Å². The zero-order valence-corrected chi connectivity index (χ0v) is 44.2. The zero-order chi connectivity index (χ0) is 58.1. The number of benzene rings is 1. The average Bonchev–Trinajstić information content (AvgIpc) is 3.39. The van der Waals surface area contributed by atoms with Crippen molar-refractivity contribution < 1.29 is 73.4 Å². The van der Waals surface area contributed by atoms with Gasteiger partial charge in [0.1, 0.15) is 11.6 Å². The minimum absolute atomic E-state index is 0.00216. The Bertz CT molecular complexity index is 2560. The van der Waals surface area contributed by atoms with Crippen LogP contribution in [0.5, 0.6) is 0 Å². The van der Waals surface area contributed by atoms with Crippen LogP contribution in [-0.4, -0.2) is 173 Å². The molecular formula is C49H72N14O15. The number of carbonyl (C=O) groups excluding carboxylic acids is 10. The van der Waals surface area contributed by atoms with Gasteiger partial charge in [0, 0.05) is 103 Å². The molecule has 0 aliphatic carbocycles. The van der Waals surface area contributed by atoms with Crippen LogP contribution in [-0.2, 0) is 54.4 Å². The number of rotatable bonds is 36. The third kappa shape index (κ3) is 22.0. The number of nitrogens with two attached hydrogens (primary N) is 3. The van der Waals surface area contributed by atoms with Crippen LogP contribution in [0.3, 0.4) is 0 Å². The smallest absolute Gasteiger partial charge is 0.295 e. The highest BCUT2D eigenvalue weighted by atomic mass is 16.5. The lowest BCUT2D eigenvalue weighted by Crippen LogP contribution is -2.49. The number of carbonyl (C=O) groups is 10. The van der Waals surface area contributed by atoms with Crippen molar-refractivity contribution in [1.29, 1.82) is 0 Å². The molecule has 0 unspecified atom stereocenters. The van der Waals surface area contributed by atoms with E-state index in [1.54, 1.807) is 31.3 Å². The van der Waals surface area contributed by atoms with Crippen LogP contribution in [0.25, 0.3) is 11.2 Å². The minimum Gasteiger partial charge on any atom is -0.444 e. The van der Waals surface area contributed by atoms with Crippen molar-refractivity contribution in [1.82, 2.24) is 51.1 Å². The van der Waals surface area contributed by atoms with Crippen LogP contribution in [0.2, 0.25) is 0 Å². The molecule has 0 spiro atoms. The monoisotopic (exact) mass is 1100 g/mol. The van der Waals surface area contributed by atoms with E-state index in [4.69, 9.17) is 21.9 Å². The summed E-state index contributed by atoms with van der Waals surface area (Å²) in [5, 5.41) is 48.7. The number of amides is 6. The Morgan fingerprint density at radius 3 is 1.90 bits per heavy atom. The largest absolute Gasteiger partial charge is 0.444 e. The SMILES string of the molecule is CC(=O)N(O)CCC[C@H](CC(=O)[C@H](CCCN(O)C(C)=O)NC(=O)[C@@H](N)CCCN(O)C(C)=O)C(=O)C[C@@H](CO)C(=O)NCCCC(=O)CC[C@@H](NC(=O)c1ccc(N(C)Cc2cnc3nc(N)nc(N)c3n2)cc1)OC=O. The predicted molar refractivity (Wildman–Crippen MR) is 276 cm³/mol. The Kier molecular flexibility index (Phi) is 27.0. The maximum Gasteiger partial charge on any atom is 0.295 e. The third-order valence-corrected chi connectivity index (χ3v) is 12.3. The summed E-state index contributed by atoms with van der Waals surface area (Å²) in [4.78, 5) is 145. The van der Waals surface area contributed by atoms with Crippen LogP contribution < -0.4 is 38.1 Å². The molecule has 13 N–H and O–H groups in total. The molecule has 0 saturated heterocycles. The Hall–Kier alpha value is -7.86. The van der Waals surface area contributed by atoms with Gasteiger partial charge in [-0.2, -0.15) is 9.97 Å². The summed E-state index contributed by atoms with van der Waals surface area (Å²) in [6.07, 6.45) is -0.817. The Labute approximate surface area is 449 Å². The second kappa shape index (κ2) is 32.7. The van der Waals surface area contributed by atoms with Gasteiger partial charge in [-0.1, -0.05) is 0 Å². The Morgan fingerprint density at radius 2 is 1.31 bits per heavy atom. The minimum atomic E-state index is -1.30. The molecule has 3 aromatic rings. The van der Waals surface area contributed by atoms with Gasteiger partial charge in [-0.05, 0) is 69.2 Å². The predicted octanol–water partition coefficient (Wildman–Crippen LogP) is -0.296. The molecule has 5 atom stereocenters. The van der Waals surface area contributed by atoms with E-state index < -0.39 is 96.6 Å². The molecule has 428 valence electrons. The van der Waals surface area contributed by atoms with Gasteiger partial charge in [-0.25, -0.2) is 25.2 Å². The highest BCUT2D eigenvalue weighted by Gasteiger charge is 2.32. The van der Waals surface area contributed by atoms with Gasteiger partial charge in [0.15, 0.2) is 29.0 Å². The summed E-state index contributed by atoms with van der Waals surface area (Å²) in [5.74, 6) is -8.05. The fraction of sp³-hybridized carbons (Fsp3) is 0.551. The fourth-order valence-corrected chi connectivity index (χ4v) is 7.79. The molecule has 2 heterocycles. The molecule has 0 radical (unpaired) electrons. The van der Waals surface area contributed by atoms with Crippen molar-refractivity contribution in [2.45, 2.75) is 123 Å². The summed E-state index contributed by atoms with van der Waals surface area (Å²) in [6, 6.07) is 4.02. The molecule has 0 aliphatic rings. The van der Waals surface area contributed by atoms with E-state index in [-0.39, 0.29) is 126 Å². The number of hydrogen-bond donors (Lipinski definition) is 10. The lowest BCUT2D eigenvalue weighted by Gasteiger charge is -2.24. The summed E-state index contributed by atoms with van der Waals surface area (Å²) in [5.41, 5.74) is 19.7. The van der Waals surface area contributed by atoms with Gasteiger partial charge in [0.25, 0.3) is 12.4 Å². The normalized spacial score (nSPS) is 12.9. The number of fused-ring (bicyclic) bond motifs is 1. The number of nitrogens with zero attached hydrogens (tertiary/aromatic N) is 8. The molecule has 78 heavy (non-hydrogen) atoms. The fourth-order valence-electron chi connectivity index (χ4n) is 7.79. The van der Waals surface area contributed by atoms with Crippen molar-refractivity contribution >= 4 is 87.9 Å². The summed E-state index contributed by atoms with van der Waals surface area (Å²) in [7, 11) is 1.80. The van der Waals surface area contributed by atoms with Gasteiger partial charge in [-0.3, -0.25) is 63.6 Å². The molecule has 0 fully saturated rings. The summed E-state index contributed by atoms with van der Waals surface area (Å²) < 4.78 is 5.03. The number of nitrogen functional groups attached to an aromatic ring is 2. The first kappa shape index (κ1) is 64.4. The number of anilines is 3. The summed E-state index contributed by atoms with van der Waals surface area (Å²) in [6.45, 7) is 2.42. The highest BCUT2D eigenvalue weighted by Crippen LogP contribution is 2.22. The van der Waals surface area contributed by atoms with Crippen molar-refractivity contribution in [3.8, 4) is 0 Å². The number of Topliss-reactive ketones (excluding diaryl/α,β-unsaturated/α-hetero) is 3. The van der Waals surface area contributed by atoms with Gasteiger partial charge in [0.2, 0.25) is 35.5 Å². The Morgan fingerprint density at radius 1 is 0.718 bits per heavy atom. The van der Waals surface area contributed by atoms with Gasteiger partial charge in [0.05, 0.1) is 43.0 Å². The lowest BCUT2D eigenvalue weighted by atomic mass is 9.85. The van der Waals surface area contributed by atoms with E-state index in [1.807, 2.05) is 4.90 Å². The maximum absolute atomic E-state index is 13.9. The first-order valence-corrected chi connectivity index (χ1v) is 25.1. The van der Waals surface area contributed by atoms with Crippen LogP contribution >= 0.6 is 0 Å². The molecule has 6 amide bonds. The van der Waals surface area contributed by atoms with Crippen LogP contribution in [0, 0.1) is 11.8 Å². The second-order valence-corrected chi connectivity index (χ2v) is 18.5. The van der Waals surface area contributed by atoms with E-state index in [1.165, 1.54) is 6.20 Å². The van der Waals surface area contributed by atoms with Gasteiger partial charge < -0.3 is 47.9 Å². The van der Waals surface area contributed by atoms with Crippen molar-refractivity contribution in [2.75, 3.05) is 56.2 Å². The van der Waals surface area contributed by atoms with Crippen LogP contribution in [0.15, 0.2) is 30.5 Å². The van der Waals surface area contributed by atoms with Crippen LogP contribution in [0.1, 0.15) is 114 Å². The average molecular weight is 1100 g/mol. The number of ether oxygens (including phenoxy) is 1. The summed E-state index contributed by atoms with van der Waals surface area (Å²) >= 11 is 0. The quantitative estimate of drug-likeness (QED) is 0.0117. The molecule has 1 aromatic carbocycles. The van der Waals surface area contributed by atoms with Crippen molar-refractivity contribution in [3.05, 3.63) is 41.7 Å². The van der Waals surface area contributed by atoms with Crippen molar-refractivity contribution in [3.63, 3.8) is 0 Å². The number of aromatic nitrogens is 4. The number of hydroxylamine groups is 6. The second-order valence-electron chi connectivity index (χ2n) is 18.5. The third-order valence-electron chi connectivity index (χ3n) is 12.3. The molecule has 3 rings (SSSR count). The van der Waals surface area contributed by atoms with Crippen LogP contribution in [0.4, 0.5) is 17.5 Å². The first-order valence-electron chi connectivity index (χ1n) is 25.1. The number of aliphatic hydroxyl groups excluding tert-OH is 1. The molecule has 0 saturated carbocycles. The maximum atomic E-state index is 13.9. The molecule has 2 aromatic heterocycles. The molecular weight excluding hydrogens is 1020 g/mol. The first-order chi connectivity index (χ1) is 36.9. The van der Waals surface area contributed by atoms with E-state index >= 15 is 0 Å². The molecule has 0 aliphatic heterocycles. The van der Waals surface area contributed by atoms with E-state index in [9.17, 15) is 68.7 Å². The number of ketones is 3. The number of aliphatic hydroxyl groups is 1. The van der Waals surface area contributed by atoms with E-state index in [2.05, 4.69) is 35.9 Å². The topological polar surface area (TPSA) is 440 Å². The number of hydrogen-bond acceptors (Lipinski definition) is 23. The number of nitrogens with one attached hydrogen (secondary N) is 3. The standard InChI is InChI=1S/C49H72N14O15/c1-29(66)61(75)20-6-9-33(23-41(71)39(12-8-22-63(77)31(3)68)56-48(74)38(50)11-7-21-62(76)30(2)67)40(70)24-34(27-64)46(72)53-19-5-10-37(69)17-18-42(78-28-65)57-47(73)32-13-15-36(16-14-32)60(4)26-35-25-54-45-43(55-35)44(51)58-49(52)59-45/h13-16,25,28,33-34,38-39,42,64,75-77H,5-12,17-24,26-27,50H2,1-4H3,(H,53,72)(H,56,74)(H,57,73)(H4,51,52,54,58,59)/t33-,34+,38+,39+,42+/m1/s1. The van der Waals surface area contributed by atoms with Gasteiger partial charge >= 0.3 is 0 Å².